The molecule has 4 N–H and O–H groups in total. The summed E-state index contributed by atoms with van der Waals surface area (Å²) in [5.74, 6) is 0.675. The van der Waals surface area contributed by atoms with E-state index in [0.717, 1.165) is 17.4 Å². The second kappa shape index (κ2) is 5.32. The maximum absolute atomic E-state index is 11.5. The summed E-state index contributed by atoms with van der Waals surface area (Å²) >= 11 is 0. The van der Waals surface area contributed by atoms with E-state index in [1.807, 2.05) is 31.2 Å². The van der Waals surface area contributed by atoms with Crippen LogP contribution in [0.5, 0.6) is 0 Å². The van der Waals surface area contributed by atoms with E-state index in [9.17, 15) is 4.79 Å². The lowest BCUT2D eigenvalue weighted by Gasteiger charge is -2.24. The van der Waals surface area contributed by atoms with Crippen LogP contribution in [0.1, 0.15) is 20.8 Å². The highest BCUT2D eigenvalue weighted by atomic mass is 16.1. The van der Waals surface area contributed by atoms with Gasteiger partial charge in [-0.2, -0.15) is 4.98 Å². The molecule has 1 aromatic carbocycles. The van der Waals surface area contributed by atoms with Gasteiger partial charge in [0.25, 0.3) is 0 Å². The van der Waals surface area contributed by atoms with Crippen molar-refractivity contribution in [1.82, 2.24) is 9.97 Å². The largest absolute Gasteiger partial charge is 0.368 e. The molecule has 20 heavy (non-hydrogen) atoms. The van der Waals surface area contributed by atoms with E-state index in [0.29, 0.717) is 11.8 Å². The lowest BCUT2D eigenvalue weighted by molar-refractivity contribution is -0.121. The Morgan fingerprint density at radius 3 is 2.65 bits per heavy atom. The molecule has 0 spiro atoms. The number of aromatic nitrogens is 2. The summed E-state index contributed by atoms with van der Waals surface area (Å²) in [6.07, 6.45) is 0. The van der Waals surface area contributed by atoms with Crippen LogP contribution in [0.3, 0.4) is 0 Å². The van der Waals surface area contributed by atoms with E-state index in [1.165, 1.54) is 0 Å². The first-order chi connectivity index (χ1) is 9.44. The van der Waals surface area contributed by atoms with Gasteiger partial charge in [-0.1, -0.05) is 12.1 Å². The van der Waals surface area contributed by atoms with Crippen molar-refractivity contribution in [2.24, 2.45) is 5.73 Å². The molecule has 6 nitrogen and oxygen atoms in total. The minimum Gasteiger partial charge on any atom is -0.368 e. The highest BCUT2D eigenvalue weighted by Gasteiger charge is 2.26. The molecule has 1 amide bonds. The predicted octanol–water partition coefficient (Wildman–Crippen LogP) is 1.74. The maximum atomic E-state index is 11.5. The van der Waals surface area contributed by atoms with Crippen LogP contribution in [-0.4, -0.2) is 28.0 Å². The Balaban J connectivity index is 2.52. The Bertz CT molecular complexity index is 638. The average molecular weight is 273 g/mol. The van der Waals surface area contributed by atoms with Gasteiger partial charge in [0.15, 0.2) is 0 Å². The number of amides is 1. The number of nitrogens with zero attached hydrogens (tertiary/aromatic N) is 2. The van der Waals surface area contributed by atoms with Gasteiger partial charge < -0.3 is 16.4 Å². The van der Waals surface area contributed by atoms with Gasteiger partial charge >= 0.3 is 0 Å². The van der Waals surface area contributed by atoms with Crippen LogP contribution >= 0.6 is 0 Å². The summed E-state index contributed by atoms with van der Waals surface area (Å²) in [7, 11) is 0. The molecule has 0 bridgehead atoms. The zero-order valence-corrected chi connectivity index (χ0v) is 11.9. The Morgan fingerprint density at radius 2 is 2.00 bits per heavy atom. The van der Waals surface area contributed by atoms with Crippen LogP contribution in [0.15, 0.2) is 24.3 Å². The first kappa shape index (κ1) is 14.0. The summed E-state index contributed by atoms with van der Waals surface area (Å²) in [5.41, 5.74) is 5.32. The third-order valence-electron chi connectivity index (χ3n) is 2.99. The highest BCUT2D eigenvalue weighted by molar-refractivity contribution is 5.94. The third-order valence-corrected chi connectivity index (χ3v) is 2.99. The number of hydrogen-bond donors (Lipinski definition) is 3. The van der Waals surface area contributed by atoms with Gasteiger partial charge in [-0.05, 0) is 32.9 Å². The van der Waals surface area contributed by atoms with Crippen molar-refractivity contribution < 1.29 is 4.79 Å². The molecule has 2 aromatic rings. The molecule has 0 aliphatic heterocycles. The number of fused-ring (bicyclic) bond motifs is 1. The van der Waals surface area contributed by atoms with E-state index >= 15 is 0 Å². The molecule has 6 heteroatoms. The average Bonchev–Trinajstić information content (AvgIpc) is 2.38. The summed E-state index contributed by atoms with van der Waals surface area (Å²) in [6, 6.07) is 7.62. The maximum Gasteiger partial charge on any atom is 0.242 e. The number of para-hydroxylation sites is 1. The van der Waals surface area contributed by atoms with E-state index in [-0.39, 0.29) is 0 Å². The van der Waals surface area contributed by atoms with Crippen molar-refractivity contribution >= 4 is 28.6 Å². The normalized spacial score (nSPS) is 11.3. The fourth-order valence-corrected chi connectivity index (χ4v) is 1.77. The van der Waals surface area contributed by atoms with Gasteiger partial charge in [0.05, 0.1) is 5.52 Å². The number of anilines is 2. The minimum atomic E-state index is -0.888. The molecule has 0 aliphatic carbocycles. The molecule has 106 valence electrons. The zero-order chi connectivity index (χ0) is 14.8. The summed E-state index contributed by atoms with van der Waals surface area (Å²) in [5, 5.41) is 7.02. The first-order valence-corrected chi connectivity index (χ1v) is 6.53. The van der Waals surface area contributed by atoms with Crippen LogP contribution in [0.25, 0.3) is 10.9 Å². The van der Waals surface area contributed by atoms with Gasteiger partial charge in [0.1, 0.15) is 11.4 Å². The lowest BCUT2D eigenvalue weighted by atomic mass is 10.0. The molecule has 0 fully saturated rings. The van der Waals surface area contributed by atoms with Crippen LogP contribution in [0.4, 0.5) is 11.8 Å². The van der Waals surface area contributed by atoms with Crippen LogP contribution in [0.2, 0.25) is 0 Å². The molecular formula is C14H19N5O. The third kappa shape index (κ3) is 2.79. The van der Waals surface area contributed by atoms with E-state index < -0.39 is 11.4 Å². The van der Waals surface area contributed by atoms with E-state index in [2.05, 4.69) is 20.6 Å². The molecule has 0 saturated carbocycles. The molecule has 0 aliphatic rings. The smallest absolute Gasteiger partial charge is 0.242 e. The Hall–Kier alpha value is -2.37. The van der Waals surface area contributed by atoms with E-state index in [4.69, 9.17) is 5.73 Å². The molecule has 1 aromatic heterocycles. The molecule has 0 unspecified atom stereocenters. The fourth-order valence-electron chi connectivity index (χ4n) is 1.77. The van der Waals surface area contributed by atoms with Crippen molar-refractivity contribution in [3.63, 3.8) is 0 Å². The van der Waals surface area contributed by atoms with Gasteiger partial charge in [0, 0.05) is 11.9 Å². The SMILES string of the molecule is CCNc1nc(NC(C)(C)C(N)=O)c2ccccc2n1. The van der Waals surface area contributed by atoms with Gasteiger partial charge in [-0.15, -0.1) is 0 Å². The lowest BCUT2D eigenvalue weighted by Crippen LogP contribution is -2.45. The number of nitrogens with one attached hydrogen (secondary N) is 2. The topological polar surface area (TPSA) is 92.9 Å². The van der Waals surface area contributed by atoms with Gasteiger partial charge in [0.2, 0.25) is 11.9 Å². The number of carbonyl (C=O) groups excluding carboxylic acids is 1. The Kier molecular flexibility index (Phi) is 3.74. The number of nitrogens with two attached hydrogens (primary N) is 1. The van der Waals surface area contributed by atoms with Crippen molar-refractivity contribution in [3.8, 4) is 0 Å². The number of benzene rings is 1. The van der Waals surface area contributed by atoms with Gasteiger partial charge in [-0.3, -0.25) is 4.79 Å². The quantitative estimate of drug-likeness (QED) is 0.771. The first-order valence-electron chi connectivity index (χ1n) is 6.53. The van der Waals surface area contributed by atoms with Crippen molar-refractivity contribution in [2.45, 2.75) is 26.3 Å². The standard InChI is InChI=1S/C14H19N5O/c1-4-16-13-17-10-8-6-5-7-9(10)11(18-13)19-14(2,3)12(15)20/h5-8H,4H2,1-3H3,(H2,15,20)(H2,16,17,18,19). The second-order valence-corrected chi connectivity index (χ2v) is 5.06. The molecule has 0 saturated heterocycles. The van der Waals surface area contributed by atoms with Crippen LogP contribution in [0, 0.1) is 0 Å². The Morgan fingerprint density at radius 1 is 1.30 bits per heavy atom. The van der Waals surface area contributed by atoms with Crippen molar-refractivity contribution in [2.75, 3.05) is 17.2 Å². The monoisotopic (exact) mass is 273 g/mol. The molecule has 0 radical (unpaired) electrons. The number of hydrogen-bond acceptors (Lipinski definition) is 5. The highest BCUT2D eigenvalue weighted by Crippen LogP contribution is 2.24. The van der Waals surface area contributed by atoms with E-state index in [1.54, 1.807) is 13.8 Å². The van der Waals surface area contributed by atoms with Crippen molar-refractivity contribution in [3.05, 3.63) is 24.3 Å². The van der Waals surface area contributed by atoms with Gasteiger partial charge in [-0.25, -0.2) is 4.98 Å². The Labute approximate surface area is 117 Å². The summed E-state index contributed by atoms with van der Waals surface area (Å²) in [4.78, 5) is 20.3. The number of carbonyl (C=O) groups is 1. The molecular weight excluding hydrogens is 254 g/mol. The number of primary amides is 1. The molecule has 0 atom stereocenters. The fraction of sp³-hybridized carbons (Fsp3) is 0.357. The van der Waals surface area contributed by atoms with Crippen molar-refractivity contribution in [1.29, 1.82) is 0 Å². The van der Waals surface area contributed by atoms with Crippen LogP contribution in [-0.2, 0) is 4.79 Å². The number of rotatable bonds is 5. The minimum absolute atomic E-state index is 0.440. The van der Waals surface area contributed by atoms with Crippen LogP contribution < -0.4 is 16.4 Å². The molecule has 2 rings (SSSR count). The summed E-state index contributed by atoms with van der Waals surface area (Å²) in [6.45, 7) is 6.13. The predicted molar refractivity (Wildman–Crippen MR) is 80.6 cm³/mol. The molecule has 1 heterocycles. The zero-order valence-electron chi connectivity index (χ0n) is 11.9. The second-order valence-electron chi connectivity index (χ2n) is 5.06. The summed E-state index contributed by atoms with van der Waals surface area (Å²) < 4.78 is 0.